The Morgan fingerprint density at radius 1 is 1.00 bits per heavy atom. The predicted molar refractivity (Wildman–Crippen MR) is 69.8 cm³/mol. The van der Waals surface area contributed by atoms with Gasteiger partial charge in [-0.15, -0.1) is 0 Å². The molecule has 4 bridgehead atoms. The third kappa shape index (κ3) is 1.84. The van der Waals surface area contributed by atoms with Crippen LogP contribution in [0.5, 0.6) is 0 Å². The van der Waals surface area contributed by atoms with Gasteiger partial charge in [-0.05, 0) is 82.7 Å². The highest BCUT2D eigenvalue weighted by Crippen LogP contribution is 2.61. The predicted octanol–water partition coefficient (Wildman–Crippen LogP) is 2.51. The van der Waals surface area contributed by atoms with E-state index in [0.717, 1.165) is 17.8 Å². The quantitative estimate of drug-likeness (QED) is 0.815. The number of hydrogen-bond acceptors (Lipinski definition) is 2. The van der Waals surface area contributed by atoms with E-state index in [-0.39, 0.29) is 11.5 Å². The smallest absolute Gasteiger partial charge is 0.0748 e. The number of likely N-dealkylation sites (N-methyl/N-ethyl adjacent to an activating group) is 1. The zero-order chi connectivity index (χ0) is 12.2. The third-order valence-corrected chi connectivity index (χ3v) is 5.98. The maximum atomic E-state index is 10.8. The summed E-state index contributed by atoms with van der Waals surface area (Å²) in [5, 5.41) is 10.8. The minimum absolute atomic E-state index is 0.120. The van der Waals surface area contributed by atoms with E-state index < -0.39 is 0 Å². The molecule has 0 aromatic rings. The molecular weight excluding hydrogens is 210 g/mol. The molecule has 4 aliphatic carbocycles. The van der Waals surface area contributed by atoms with Crippen molar-refractivity contribution in [2.75, 3.05) is 14.1 Å². The lowest BCUT2D eigenvalue weighted by Crippen LogP contribution is -2.56. The second-order valence-corrected chi connectivity index (χ2v) is 7.43. The van der Waals surface area contributed by atoms with Crippen molar-refractivity contribution in [1.29, 1.82) is 0 Å². The Morgan fingerprint density at radius 2 is 1.41 bits per heavy atom. The molecule has 98 valence electrons. The Kier molecular flexibility index (Phi) is 2.79. The van der Waals surface area contributed by atoms with Crippen molar-refractivity contribution in [2.45, 2.75) is 57.6 Å². The van der Waals surface area contributed by atoms with Gasteiger partial charge in [0.1, 0.15) is 0 Å². The summed E-state index contributed by atoms with van der Waals surface area (Å²) in [6.45, 7) is 2.18. The molecule has 4 rings (SSSR count). The van der Waals surface area contributed by atoms with Crippen LogP contribution in [0.15, 0.2) is 0 Å². The van der Waals surface area contributed by atoms with Crippen LogP contribution in [-0.4, -0.2) is 36.2 Å². The first kappa shape index (κ1) is 12.0. The molecule has 1 N–H and O–H groups in total. The van der Waals surface area contributed by atoms with E-state index in [1.807, 2.05) is 0 Å². The van der Waals surface area contributed by atoms with E-state index in [0.29, 0.717) is 6.04 Å². The average molecular weight is 237 g/mol. The van der Waals surface area contributed by atoms with Crippen molar-refractivity contribution < 1.29 is 5.11 Å². The van der Waals surface area contributed by atoms with Crippen molar-refractivity contribution in [3.05, 3.63) is 0 Å². The SMILES string of the molecule is C[C@H]([C@H](O)C12CC3CC(CC(C3)C1)C2)N(C)C. The highest BCUT2D eigenvalue weighted by Gasteiger charge is 2.54. The normalized spacial score (nSPS) is 47.5. The second kappa shape index (κ2) is 3.96. The third-order valence-electron chi connectivity index (χ3n) is 5.98. The molecule has 2 atom stereocenters. The molecule has 0 aliphatic heterocycles. The largest absolute Gasteiger partial charge is 0.391 e. The van der Waals surface area contributed by atoms with Gasteiger partial charge < -0.3 is 10.0 Å². The van der Waals surface area contributed by atoms with Gasteiger partial charge >= 0.3 is 0 Å². The lowest BCUT2D eigenvalue weighted by atomic mass is 9.47. The molecule has 4 saturated carbocycles. The molecule has 17 heavy (non-hydrogen) atoms. The van der Waals surface area contributed by atoms with Crippen molar-refractivity contribution >= 4 is 0 Å². The zero-order valence-electron chi connectivity index (χ0n) is 11.5. The minimum atomic E-state index is -0.120. The Balaban J connectivity index is 1.81. The van der Waals surface area contributed by atoms with Crippen LogP contribution in [0.2, 0.25) is 0 Å². The van der Waals surface area contributed by atoms with Gasteiger partial charge in [-0.1, -0.05) is 0 Å². The molecular formula is C15H27NO. The van der Waals surface area contributed by atoms with E-state index in [9.17, 15) is 5.11 Å². The number of aliphatic hydroxyl groups excluding tert-OH is 1. The van der Waals surface area contributed by atoms with Crippen LogP contribution in [-0.2, 0) is 0 Å². The summed E-state index contributed by atoms with van der Waals surface area (Å²) in [6.07, 6.45) is 8.17. The van der Waals surface area contributed by atoms with Gasteiger partial charge in [-0.2, -0.15) is 0 Å². The molecule has 0 unspecified atom stereocenters. The second-order valence-electron chi connectivity index (χ2n) is 7.43. The van der Waals surface area contributed by atoms with Gasteiger partial charge in [-0.3, -0.25) is 0 Å². The molecule has 0 spiro atoms. The van der Waals surface area contributed by atoms with E-state index in [2.05, 4.69) is 25.9 Å². The highest BCUT2D eigenvalue weighted by atomic mass is 16.3. The number of hydrogen-bond donors (Lipinski definition) is 1. The first-order chi connectivity index (χ1) is 8.00. The van der Waals surface area contributed by atoms with Crippen LogP contribution in [0.4, 0.5) is 0 Å². The van der Waals surface area contributed by atoms with Gasteiger partial charge in [-0.25, -0.2) is 0 Å². The maximum absolute atomic E-state index is 10.8. The lowest BCUT2D eigenvalue weighted by Gasteiger charge is -2.59. The minimum Gasteiger partial charge on any atom is -0.391 e. The van der Waals surface area contributed by atoms with Crippen LogP contribution in [0.3, 0.4) is 0 Å². The van der Waals surface area contributed by atoms with Gasteiger partial charge in [0.2, 0.25) is 0 Å². The fourth-order valence-electron chi connectivity index (χ4n) is 5.33. The van der Waals surface area contributed by atoms with E-state index >= 15 is 0 Å². The molecule has 0 aromatic heterocycles. The standard InChI is InChI=1S/C15H27NO/c1-10(16(2)3)14(17)15-7-11-4-12(8-15)6-13(5-11)9-15/h10-14,17H,4-9H2,1-3H3/t10-,11?,12?,13?,14+,15?/m1/s1. The van der Waals surface area contributed by atoms with Crippen molar-refractivity contribution in [1.82, 2.24) is 4.90 Å². The summed E-state index contributed by atoms with van der Waals surface area (Å²) < 4.78 is 0. The van der Waals surface area contributed by atoms with Crippen LogP contribution < -0.4 is 0 Å². The number of aliphatic hydroxyl groups is 1. The molecule has 2 heteroatoms. The summed E-state index contributed by atoms with van der Waals surface area (Å²) in [5.74, 6) is 2.81. The summed E-state index contributed by atoms with van der Waals surface area (Å²) in [4.78, 5) is 2.18. The topological polar surface area (TPSA) is 23.5 Å². The fourth-order valence-corrected chi connectivity index (χ4v) is 5.33. The van der Waals surface area contributed by atoms with Gasteiger partial charge in [0.05, 0.1) is 6.10 Å². The van der Waals surface area contributed by atoms with Crippen molar-refractivity contribution in [3.8, 4) is 0 Å². The van der Waals surface area contributed by atoms with E-state index in [1.54, 1.807) is 0 Å². The summed E-state index contributed by atoms with van der Waals surface area (Å²) in [5.41, 5.74) is 0.276. The fraction of sp³-hybridized carbons (Fsp3) is 1.00. The average Bonchev–Trinajstić information content (AvgIpc) is 2.25. The number of rotatable bonds is 3. The molecule has 0 saturated heterocycles. The highest BCUT2D eigenvalue weighted by molar-refractivity contribution is 5.05. The monoisotopic (exact) mass is 237 g/mol. The zero-order valence-corrected chi connectivity index (χ0v) is 11.5. The van der Waals surface area contributed by atoms with Gasteiger partial charge in [0.15, 0.2) is 0 Å². The van der Waals surface area contributed by atoms with E-state index in [1.165, 1.54) is 38.5 Å². The van der Waals surface area contributed by atoms with Gasteiger partial charge in [0.25, 0.3) is 0 Å². The van der Waals surface area contributed by atoms with Gasteiger partial charge in [0, 0.05) is 6.04 Å². The molecule has 0 radical (unpaired) electrons. The van der Waals surface area contributed by atoms with Crippen molar-refractivity contribution in [2.24, 2.45) is 23.2 Å². The van der Waals surface area contributed by atoms with Crippen LogP contribution >= 0.6 is 0 Å². The molecule has 0 heterocycles. The summed E-state index contributed by atoms with van der Waals surface area (Å²) >= 11 is 0. The molecule has 2 nitrogen and oxygen atoms in total. The van der Waals surface area contributed by atoms with Crippen LogP contribution in [0.1, 0.15) is 45.4 Å². The Morgan fingerprint density at radius 3 is 1.76 bits per heavy atom. The lowest BCUT2D eigenvalue weighted by molar-refractivity contribution is -0.137. The Bertz CT molecular complexity index is 264. The Labute approximate surface area is 105 Å². The first-order valence-electron chi connectivity index (χ1n) is 7.35. The Hall–Kier alpha value is -0.0800. The molecule has 0 amide bonds. The molecule has 4 fully saturated rings. The van der Waals surface area contributed by atoms with Crippen LogP contribution in [0, 0.1) is 23.2 Å². The summed E-state index contributed by atoms with van der Waals surface area (Å²) in [7, 11) is 4.18. The van der Waals surface area contributed by atoms with E-state index in [4.69, 9.17) is 0 Å². The van der Waals surface area contributed by atoms with Crippen molar-refractivity contribution in [3.63, 3.8) is 0 Å². The maximum Gasteiger partial charge on any atom is 0.0748 e. The molecule has 0 aromatic carbocycles. The number of nitrogens with zero attached hydrogens (tertiary/aromatic N) is 1. The van der Waals surface area contributed by atoms with Crippen LogP contribution in [0.25, 0.3) is 0 Å². The first-order valence-corrected chi connectivity index (χ1v) is 7.35. The molecule has 4 aliphatic rings. The summed E-state index contributed by atoms with van der Waals surface area (Å²) in [6, 6.07) is 0.297.